The van der Waals surface area contributed by atoms with Crippen molar-refractivity contribution < 1.29 is 13.2 Å². The van der Waals surface area contributed by atoms with Crippen LogP contribution in [-0.4, -0.2) is 9.78 Å². The molecular weight excluding hydrogens is 267 g/mol. The van der Waals surface area contributed by atoms with Gasteiger partial charge in [0.1, 0.15) is 5.82 Å². The average molecular weight is 276 g/mol. The number of benzene rings is 1. The molecule has 0 fully saturated rings. The van der Waals surface area contributed by atoms with Crippen LogP contribution >= 0.6 is 11.6 Å². The van der Waals surface area contributed by atoms with Crippen molar-refractivity contribution in [3.63, 3.8) is 0 Å². The minimum atomic E-state index is -4.52. The summed E-state index contributed by atoms with van der Waals surface area (Å²) in [7, 11) is 0. The largest absolute Gasteiger partial charge is 0.435 e. The van der Waals surface area contributed by atoms with Crippen molar-refractivity contribution in [3.05, 3.63) is 40.5 Å². The number of rotatable bonds is 1. The van der Waals surface area contributed by atoms with Gasteiger partial charge in [-0.25, -0.2) is 4.68 Å². The minimum absolute atomic E-state index is 0.0901. The highest BCUT2D eigenvalue weighted by Crippen LogP contribution is 2.31. The molecule has 96 valence electrons. The normalized spacial score (nSPS) is 11.8. The Bertz CT molecular complexity index is 590. The lowest BCUT2D eigenvalue weighted by atomic mass is 10.2. The molecule has 0 unspecified atom stereocenters. The van der Waals surface area contributed by atoms with Gasteiger partial charge in [0.15, 0.2) is 5.69 Å². The molecule has 0 saturated carbocycles. The lowest BCUT2D eigenvalue weighted by molar-refractivity contribution is -0.141. The van der Waals surface area contributed by atoms with Crippen molar-refractivity contribution >= 4 is 17.4 Å². The number of nitrogen functional groups attached to an aromatic ring is 1. The highest BCUT2D eigenvalue weighted by atomic mass is 35.5. The van der Waals surface area contributed by atoms with E-state index in [1.54, 1.807) is 25.1 Å². The Morgan fingerprint density at radius 2 is 2.00 bits per heavy atom. The number of halogens is 4. The fourth-order valence-electron chi connectivity index (χ4n) is 1.55. The summed E-state index contributed by atoms with van der Waals surface area (Å²) in [5.74, 6) is -0.0901. The van der Waals surface area contributed by atoms with Crippen LogP contribution in [0.4, 0.5) is 19.0 Å². The highest BCUT2D eigenvalue weighted by Gasteiger charge is 2.34. The number of hydrogen-bond acceptors (Lipinski definition) is 2. The van der Waals surface area contributed by atoms with Gasteiger partial charge >= 0.3 is 6.18 Å². The van der Waals surface area contributed by atoms with E-state index in [2.05, 4.69) is 5.10 Å². The first-order valence-electron chi connectivity index (χ1n) is 4.99. The molecule has 7 heteroatoms. The molecule has 1 aromatic heterocycles. The third kappa shape index (κ3) is 2.15. The summed E-state index contributed by atoms with van der Waals surface area (Å²) in [5, 5.41) is 3.90. The molecule has 0 saturated heterocycles. The Kier molecular flexibility index (Phi) is 2.98. The number of nitrogens with two attached hydrogens (primary N) is 1. The van der Waals surface area contributed by atoms with Gasteiger partial charge in [0.05, 0.1) is 5.69 Å². The van der Waals surface area contributed by atoms with E-state index in [1.165, 1.54) is 0 Å². The van der Waals surface area contributed by atoms with E-state index in [1.807, 2.05) is 0 Å². The molecular formula is C11H9ClF3N3. The van der Waals surface area contributed by atoms with Gasteiger partial charge in [-0.2, -0.15) is 18.3 Å². The van der Waals surface area contributed by atoms with Crippen molar-refractivity contribution in [2.75, 3.05) is 5.73 Å². The molecule has 0 bridgehead atoms. The SMILES string of the molecule is Cc1c(Cl)cccc1-n1nc(C(F)(F)F)cc1N. The molecule has 0 aliphatic rings. The smallest absolute Gasteiger partial charge is 0.384 e. The summed E-state index contributed by atoms with van der Waals surface area (Å²) in [6, 6.07) is 5.66. The van der Waals surface area contributed by atoms with Crippen LogP contribution in [-0.2, 0) is 6.18 Å². The van der Waals surface area contributed by atoms with Crippen molar-refractivity contribution in [2.45, 2.75) is 13.1 Å². The molecule has 3 nitrogen and oxygen atoms in total. The summed E-state index contributed by atoms with van der Waals surface area (Å²) in [6.45, 7) is 1.69. The van der Waals surface area contributed by atoms with Crippen LogP contribution in [0.1, 0.15) is 11.3 Å². The summed E-state index contributed by atoms with van der Waals surface area (Å²) in [6.07, 6.45) is -4.52. The van der Waals surface area contributed by atoms with E-state index < -0.39 is 11.9 Å². The molecule has 0 spiro atoms. The van der Waals surface area contributed by atoms with Gasteiger partial charge in [-0.1, -0.05) is 17.7 Å². The Hall–Kier alpha value is -1.69. The zero-order valence-electron chi connectivity index (χ0n) is 9.29. The number of anilines is 1. The number of aromatic nitrogens is 2. The predicted molar refractivity (Wildman–Crippen MR) is 62.7 cm³/mol. The standard InChI is InChI=1S/C11H9ClF3N3/c1-6-7(12)3-2-4-8(6)18-10(16)5-9(17-18)11(13,14)15/h2-5H,16H2,1H3. The zero-order valence-corrected chi connectivity index (χ0v) is 10.0. The third-order valence-corrected chi connectivity index (χ3v) is 2.90. The zero-order chi connectivity index (χ0) is 13.5. The summed E-state index contributed by atoms with van der Waals surface area (Å²) < 4.78 is 38.6. The summed E-state index contributed by atoms with van der Waals surface area (Å²) >= 11 is 5.91. The lowest BCUT2D eigenvalue weighted by Crippen LogP contribution is -2.08. The Balaban J connectivity index is 2.58. The van der Waals surface area contributed by atoms with Crippen LogP contribution in [0.15, 0.2) is 24.3 Å². The molecule has 2 aromatic rings. The second kappa shape index (κ2) is 4.20. The summed E-state index contributed by atoms with van der Waals surface area (Å²) in [4.78, 5) is 0. The van der Waals surface area contributed by atoms with Crippen LogP contribution < -0.4 is 5.73 Å². The van der Waals surface area contributed by atoms with Gasteiger partial charge in [-0.15, -0.1) is 0 Å². The quantitative estimate of drug-likeness (QED) is 0.866. The molecule has 2 N–H and O–H groups in total. The van der Waals surface area contributed by atoms with Gasteiger partial charge in [0.2, 0.25) is 0 Å². The van der Waals surface area contributed by atoms with Crippen LogP contribution in [0.3, 0.4) is 0 Å². The van der Waals surface area contributed by atoms with Gasteiger partial charge in [-0.05, 0) is 24.6 Å². The summed E-state index contributed by atoms with van der Waals surface area (Å²) in [5.41, 5.74) is 5.56. The molecule has 0 aliphatic heterocycles. The van der Waals surface area contributed by atoms with Crippen LogP contribution in [0.2, 0.25) is 5.02 Å². The monoisotopic (exact) mass is 275 g/mol. The Morgan fingerprint density at radius 3 is 2.56 bits per heavy atom. The molecule has 2 rings (SSSR count). The number of nitrogens with zero attached hydrogens (tertiary/aromatic N) is 2. The molecule has 0 radical (unpaired) electrons. The minimum Gasteiger partial charge on any atom is -0.384 e. The van der Waals surface area contributed by atoms with Gasteiger partial charge < -0.3 is 5.73 Å². The maximum absolute atomic E-state index is 12.5. The third-order valence-electron chi connectivity index (χ3n) is 2.49. The van der Waals surface area contributed by atoms with E-state index in [0.29, 0.717) is 16.3 Å². The second-order valence-corrected chi connectivity index (χ2v) is 4.16. The lowest BCUT2D eigenvalue weighted by Gasteiger charge is -2.09. The Morgan fingerprint density at radius 1 is 1.33 bits per heavy atom. The van der Waals surface area contributed by atoms with Crippen LogP contribution in [0, 0.1) is 6.92 Å². The van der Waals surface area contributed by atoms with Gasteiger partial charge in [0, 0.05) is 11.1 Å². The number of hydrogen-bond donors (Lipinski definition) is 1. The average Bonchev–Trinajstić information content (AvgIpc) is 2.64. The fraction of sp³-hybridized carbons (Fsp3) is 0.182. The first kappa shape index (κ1) is 12.8. The van der Waals surface area contributed by atoms with Crippen LogP contribution in [0.5, 0.6) is 0 Å². The van der Waals surface area contributed by atoms with E-state index in [4.69, 9.17) is 17.3 Å². The van der Waals surface area contributed by atoms with Crippen molar-refractivity contribution in [1.82, 2.24) is 9.78 Å². The van der Waals surface area contributed by atoms with E-state index in [-0.39, 0.29) is 5.82 Å². The van der Waals surface area contributed by atoms with E-state index >= 15 is 0 Å². The molecule has 1 aromatic carbocycles. The predicted octanol–water partition coefficient (Wildman–Crippen LogP) is 3.44. The Labute approximate surface area is 106 Å². The first-order chi connectivity index (χ1) is 8.30. The highest BCUT2D eigenvalue weighted by molar-refractivity contribution is 6.31. The second-order valence-electron chi connectivity index (χ2n) is 3.75. The van der Waals surface area contributed by atoms with E-state index in [0.717, 1.165) is 10.7 Å². The van der Waals surface area contributed by atoms with Crippen molar-refractivity contribution in [3.8, 4) is 5.69 Å². The van der Waals surface area contributed by atoms with Crippen molar-refractivity contribution in [2.24, 2.45) is 0 Å². The molecule has 0 aliphatic carbocycles. The first-order valence-corrected chi connectivity index (χ1v) is 5.36. The molecule has 0 atom stereocenters. The van der Waals surface area contributed by atoms with Crippen molar-refractivity contribution in [1.29, 1.82) is 0 Å². The topological polar surface area (TPSA) is 43.8 Å². The van der Waals surface area contributed by atoms with Gasteiger partial charge in [-0.3, -0.25) is 0 Å². The number of alkyl halides is 3. The molecule has 0 amide bonds. The van der Waals surface area contributed by atoms with E-state index in [9.17, 15) is 13.2 Å². The maximum atomic E-state index is 12.5. The van der Waals surface area contributed by atoms with Gasteiger partial charge in [0.25, 0.3) is 0 Å². The molecule has 18 heavy (non-hydrogen) atoms. The maximum Gasteiger partial charge on any atom is 0.435 e. The molecule has 1 heterocycles. The fourth-order valence-corrected chi connectivity index (χ4v) is 1.72. The van der Waals surface area contributed by atoms with Crippen LogP contribution in [0.25, 0.3) is 5.69 Å².